The Morgan fingerprint density at radius 3 is 2.50 bits per heavy atom. The number of morpholine rings is 1. The van der Waals surface area contributed by atoms with Crippen LogP contribution < -0.4 is 14.8 Å². The zero-order valence-electron chi connectivity index (χ0n) is 20.3. The van der Waals surface area contributed by atoms with Gasteiger partial charge in [0.25, 0.3) is 5.91 Å². The van der Waals surface area contributed by atoms with Crippen molar-refractivity contribution in [1.29, 1.82) is 0 Å². The highest BCUT2D eigenvalue weighted by Gasteiger charge is 2.23. The van der Waals surface area contributed by atoms with Gasteiger partial charge in [0.1, 0.15) is 23.8 Å². The van der Waals surface area contributed by atoms with Gasteiger partial charge < -0.3 is 23.9 Å². The number of carbonyl (C=O) groups is 1. The van der Waals surface area contributed by atoms with Crippen LogP contribution in [0.2, 0.25) is 0 Å². The van der Waals surface area contributed by atoms with Gasteiger partial charge in [-0.2, -0.15) is 0 Å². The number of hydrogen-bond donors (Lipinski definition) is 1. The molecule has 2 aromatic carbocycles. The van der Waals surface area contributed by atoms with Gasteiger partial charge in [-0.15, -0.1) is 0 Å². The Morgan fingerprint density at radius 1 is 1.03 bits per heavy atom. The Hall–Kier alpha value is -3.88. The number of aromatic nitrogens is 2. The van der Waals surface area contributed by atoms with E-state index < -0.39 is 0 Å². The Balaban J connectivity index is 1.19. The SMILES string of the molecule is COc1ccc([C@@H](CNC(=O)c2ccc(OCc3cn4ccccc4n3)cc2)N2CCOCC2)cc1. The van der Waals surface area contributed by atoms with Crippen molar-refractivity contribution in [3.63, 3.8) is 0 Å². The zero-order chi connectivity index (χ0) is 24.7. The molecule has 0 saturated carbocycles. The van der Waals surface area contributed by atoms with Crippen LogP contribution in [-0.2, 0) is 11.3 Å². The monoisotopic (exact) mass is 486 g/mol. The van der Waals surface area contributed by atoms with E-state index in [0.717, 1.165) is 35.7 Å². The molecule has 1 atom stereocenters. The average molecular weight is 487 g/mol. The molecule has 1 saturated heterocycles. The number of pyridine rings is 1. The van der Waals surface area contributed by atoms with Crippen LogP contribution in [0.4, 0.5) is 0 Å². The molecule has 186 valence electrons. The van der Waals surface area contributed by atoms with Gasteiger partial charge >= 0.3 is 0 Å². The molecule has 5 rings (SSSR count). The van der Waals surface area contributed by atoms with Crippen LogP contribution in [0.5, 0.6) is 11.5 Å². The minimum atomic E-state index is -0.117. The summed E-state index contributed by atoms with van der Waals surface area (Å²) in [5.74, 6) is 1.38. The van der Waals surface area contributed by atoms with E-state index in [1.807, 2.05) is 59.3 Å². The number of methoxy groups -OCH3 is 1. The van der Waals surface area contributed by atoms with Gasteiger partial charge in [0.2, 0.25) is 0 Å². The predicted octanol–water partition coefficient (Wildman–Crippen LogP) is 3.73. The number of amides is 1. The van der Waals surface area contributed by atoms with E-state index in [1.165, 1.54) is 0 Å². The van der Waals surface area contributed by atoms with Gasteiger partial charge in [-0.3, -0.25) is 9.69 Å². The van der Waals surface area contributed by atoms with Crippen molar-refractivity contribution < 1.29 is 19.0 Å². The van der Waals surface area contributed by atoms with Crippen molar-refractivity contribution >= 4 is 11.6 Å². The number of imidazole rings is 1. The lowest BCUT2D eigenvalue weighted by Gasteiger charge is -2.35. The summed E-state index contributed by atoms with van der Waals surface area (Å²) in [7, 11) is 1.66. The first-order chi connectivity index (χ1) is 17.7. The quantitative estimate of drug-likeness (QED) is 0.389. The third kappa shape index (κ3) is 5.67. The molecule has 8 nitrogen and oxygen atoms in total. The van der Waals surface area contributed by atoms with Crippen molar-refractivity contribution in [1.82, 2.24) is 19.6 Å². The van der Waals surface area contributed by atoms with Crippen LogP contribution in [0.1, 0.15) is 27.7 Å². The van der Waals surface area contributed by atoms with Gasteiger partial charge in [0, 0.05) is 37.6 Å². The van der Waals surface area contributed by atoms with E-state index in [4.69, 9.17) is 14.2 Å². The number of ether oxygens (including phenoxy) is 3. The Labute approximate surface area is 210 Å². The van der Waals surface area contributed by atoms with Gasteiger partial charge in [-0.25, -0.2) is 4.98 Å². The highest BCUT2D eigenvalue weighted by Crippen LogP contribution is 2.24. The van der Waals surface area contributed by atoms with Gasteiger partial charge in [0.05, 0.1) is 32.1 Å². The molecule has 8 heteroatoms. The molecule has 0 radical (unpaired) electrons. The molecular weight excluding hydrogens is 456 g/mol. The molecular formula is C28H30N4O4. The fraction of sp³-hybridized carbons (Fsp3) is 0.286. The van der Waals surface area contributed by atoms with Crippen molar-refractivity contribution in [3.8, 4) is 11.5 Å². The summed E-state index contributed by atoms with van der Waals surface area (Å²) >= 11 is 0. The Bertz CT molecular complexity index is 1250. The number of benzene rings is 2. The van der Waals surface area contributed by atoms with Crippen molar-refractivity contribution in [2.24, 2.45) is 0 Å². The van der Waals surface area contributed by atoms with Gasteiger partial charge in [-0.05, 0) is 54.1 Å². The molecule has 4 aromatic rings. The van der Waals surface area contributed by atoms with Crippen LogP contribution in [0.25, 0.3) is 5.65 Å². The van der Waals surface area contributed by atoms with Crippen LogP contribution in [0.3, 0.4) is 0 Å². The second kappa shape index (κ2) is 11.2. The Morgan fingerprint density at radius 2 is 1.78 bits per heavy atom. The Kier molecular flexibility index (Phi) is 7.44. The molecule has 0 bridgehead atoms. The van der Waals surface area contributed by atoms with Gasteiger partial charge in [0.15, 0.2) is 0 Å². The molecule has 1 fully saturated rings. The summed E-state index contributed by atoms with van der Waals surface area (Å²) in [6, 6.07) is 21.1. The van der Waals surface area contributed by atoms with Gasteiger partial charge in [-0.1, -0.05) is 18.2 Å². The average Bonchev–Trinajstić information content (AvgIpc) is 3.36. The smallest absolute Gasteiger partial charge is 0.251 e. The molecule has 36 heavy (non-hydrogen) atoms. The molecule has 0 spiro atoms. The molecule has 0 unspecified atom stereocenters. The highest BCUT2D eigenvalue weighted by molar-refractivity contribution is 5.94. The van der Waals surface area contributed by atoms with Crippen molar-refractivity contribution in [3.05, 3.63) is 95.9 Å². The predicted molar refractivity (Wildman–Crippen MR) is 136 cm³/mol. The third-order valence-corrected chi connectivity index (χ3v) is 6.36. The molecule has 0 aliphatic carbocycles. The van der Waals surface area contributed by atoms with E-state index in [9.17, 15) is 4.79 Å². The first kappa shape index (κ1) is 23.8. The first-order valence-electron chi connectivity index (χ1n) is 12.1. The summed E-state index contributed by atoms with van der Waals surface area (Å²) in [6.45, 7) is 3.89. The number of carbonyl (C=O) groups excluding carboxylic acids is 1. The summed E-state index contributed by atoms with van der Waals surface area (Å²) in [6.07, 6.45) is 3.91. The van der Waals surface area contributed by atoms with Crippen LogP contribution in [-0.4, -0.2) is 60.1 Å². The second-order valence-corrected chi connectivity index (χ2v) is 8.66. The van der Waals surface area contributed by atoms with Crippen molar-refractivity contribution in [2.75, 3.05) is 40.0 Å². The minimum Gasteiger partial charge on any atom is -0.497 e. The fourth-order valence-corrected chi connectivity index (χ4v) is 4.38. The fourth-order valence-electron chi connectivity index (χ4n) is 4.38. The van der Waals surface area contributed by atoms with Crippen LogP contribution >= 0.6 is 0 Å². The maximum atomic E-state index is 12.9. The van der Waals surface area contributed by atoms with Crippen LogP contribution in [0, 0.1) is 0 Å². The van der Waals surface area contributed by atoms with Crippen molar-refractivity contribution in [2.45, 2.75) is 12.6 Å². The van der Waals surface area contributed by atoms with E-state index in [-0.39, 0.29) is 11.9 Å². The summed E-state index contributed by atoms with van der Waals surface area (Å²) in [4.78, 5) is 19.8. The summed E-state index contributed by atoms with van der Waals surface area (Å²) in [5, 5.41) is 3.11. The lowest BCUT2D eigenvalue weighted by Crippen LogP contribution is -2.43. The minimum absolute atomic E-state index is 0.0526. The van der Waals surface area contributed by atoms with Crippen LogP contribution in [0.15, 0.2) is 79.1 Å². The van der Waals surface area contributed by atoms with E-state index in [0.29, 0.717) is 37.7 Å². The molecule has 2 aromatic heterocycles. The maximum Gasteiger partial charge on any atom is 0.251 e. The molecule has 3 heterocycles. The lowest BCUT2D eigenvalue weighted by molar-refractivity contribution is 0.0162. The topological polar surface area (TPSA) is 77.3 Å². The number of hydrogen-bond acceptors (Lipinski definition) is 6. The number of fused-ring (bicyclic) bond motifs is 1. The molecule has 1 aliphatic rings. The maximum absolute atomic E-state index is 12.9. The largest absolute Gasteiger partial charge is 0.497 e. The highest BCUT2D eigenvalue weighted by atomic mass is 16.5. The summed E-state index contributed by atoms with van der Waals surface area (Å²) < 4.78 is 18.7. The molecule has 1 N–H and O–H groups in total. The standard InChI is InChI=1S/C28H30N4O4/c1-34-24-9-5-21(6-10-24)26(31-14-16-35-17-15-31)18-29-28(33)22-7-11-25(12-8-22)36-20-23-19-32-13-3-2-4-27(32)30-23/h2-13,19,26H,14-18,20H2,1H3,(H,29,33)/t26-/m1/s1. The van der Waals surface area contributed by atoms with E-state index in [2.05, 4.69) is 27.3 Å². The normalized spacial score (nSPS) is 14.9. The van der Waals surface area contributed by atoms with E-state index in [1.54, 1.807) is 19.2 Å². The number of nitrogens with one attached hydrogen (secondary N) is 1. The number of nitrogens with zero attached hydrogens (tertiary/aromatic N) is 3. The third-order valence-electron chi connectivity index (χ3n) is 6.36. The second-order valence-electron chi connectivity index (χ2n) is 8.66. The summed E-state index contributed by atoms with van der Waals surface area (Å²) in [5.41, 5.74) is 3.45. The zero-order valence-corrected chi connectivity index (χ0v) is 20.3. The lowest BCUT2D eigenvalue weighted by atomic mass is 10.0. The van der Waals surface area contributed by atoms with E-state index >= 15 is 0 Å². The first-order valence-corrected chi connectivity index (χ1v) is 12.1. The number of rotatable bonds is 9. The molecule has 1 amide bonds. The molecule has 1 aliphatic heterocycles.